The molecule has 3 nitrogen and oxygen atoms in total. The van der Waals surface area contributed by atoms with Crippen molar-refractivity contribution in [2.24, 2.45) is 0 Å². The minimum Gasteiger partial charge on any atom is -0.344 e. The average molecular weight is 225 g/mol. The largest absolute Gasteiger partial charge is 0.344 e. The van der Waals surface area contributed by atoms with Crippen LogP contribution in [0.4, 0.5) is 5.82 Å². The van der Waals surface area contributed by atoms with Crippen molar-refractivity contribution >= 4 is 5.82 Å². The van der Waals surface area contributed by atoms with Gasteiger partial charge in [0.2, 0.25) is 0 Å². The Morgan fingerprint density at radius 2 is 2.00 bits per heavy atom. The van der Waals surface area contributed by atoms with E-state index in [0.717, 1.165) is 17.1 Å². The first-order valence-electron chi connectivity index (χ1n) is 5.84. The fourth-order valence-electron chi connectivity index (χ4n) is 2.22. The first-order valence-corrected chi connectivity index (χ1v) is 5.84. The lowest BCUT2D eigenvalue weighted by atomic mass is 10.1. The topological polar surface area (TPSA) is 29.9 Å². The van der Waals surface area contributed by atoms with E-state index in [4.69, 9.17) is 0 Å². The van der Waals surface area contributed by atoms with Gasteiger partial charge in [-0.3, -0.25) is 0 Å². The maximum absolute atomic E-state index is 4.65. The van der Waals surface area contributed by atoms with E-state index in [-0.39, 0.29) is 0 Å². The number of anilines is 1. The van der Waals surface area contributed by atoms with E-state index in [9.17, 15) is 0 Å². The zero-order valence-electron chi connectivity index (χ0n) is 10.0. The summed E-state index contributed by atoms with van der Waals surface area (Å²) in [7, 11) is 0. The number of benzene rings is 1. The van der Waals surface area contributed by atoms with Gasteiger partial charge >= 0.3 is 0 Å². The van der Waals surface area contributed by atoms with Gasteiger partial charge in [0.25, 0.3) is 0 Å². The second-order valence-electron chi connectivity index (χ2n) is 4.44. The van der Waals surface area contributed by atoms with Gasteiger partial charge in [0.15, 0.2) is 0 Å². The number of hydrogen-bond acceptors (Lipinski definition) is 2. The summed E-state index contributed by atoms with van der Waals surface area (Å²) in [5, 5.41) is 7.99. The maximum atomic E-state index is 4.65. The lowest BCUT2D eigenvalue weighted by molar-refractivity contribution is 0.576. The molecule has 1 aromatic carbocycles. The normalized spacial score (nSPS) is 18.2. The monoisotopic (exact) mass is 225 g/mol. The van der Waals surface area contributed by atoms with Gasteiger partial charge in [-0.25, -0.2) is 4.68 Å². The van der Waals surface area contributed by atoms with Gasteiger partial charge in [-0.1, -0.05) is 30.3 Å². The smallest absolute Gasteiger partial charge is 0.129 e. The predicted molar refractivity (Wildman–Crippen MR) is 69.8 cm³/mol. The van der Waals surface area contributed by atoms with Crippen molar-refractivity contribution in [3.8, 4) is 11.3 Å². The van der Waals surface area contributed by atoms with E-state index >= 15 is 0 Å². The summed E-state index contributed by atoms with van der Waals surface area (Å²) in [6.07, 6.45) is 2.18. The molecule has 2 aromatic rings. The molecule has 0 saturated heterocycles. The van der Waals surface area contributed by atoms with Gasteiger partial charge in [-0.15, -0.1) is 0 Å². The molecule has 0 saturated carbocycles. The van der Waals surface area contributed by atoms with Crippen LogP contribution in [0.3, 0.4) is 0 Å². The SMILES string of the molecule is CC1=CC(C)n2nc(-c3ccccc3)cc2N1. The first-order chi connectivity index (χ1) is 8.24. The van der Waals surface area contributed by atoms with Crippen molar-refractivity contribution in [3.63, 3.8) is 0 Å². The standard InChI is InChI=1S/C14H15N3/c1-10-8-11(2)17-14(15-10)9-13(16-17)12-6-4-3-5-7-12/h3-9,11,15H,1-2H3. The van der Waals surface area contributed by atoms with Gasteiger partial charge in [-0.2, -0.15) is 5.10 Å². The molecule has 0 aliphatic carbocycles. The number of nitrogens with one attached hydrogen (secondary N) is 1. The van der Waals surface area contributed by atoms with Crippen molar-refractivity contribution in [2.75, 3.05) is 5.32 Å². The van der Waals surface area contributed by atoms with Crippen molar-refractivity contribution < 1.29 is 0 Å². The zero-order valence-corrected chi connectivity index (χ0v) is 10.0. The van der Waals surface area contributed by atoms with Crippen LogP contribution in [0.5, 0.6) is 0 Å². The van der Waals surface area contributed by atoms with E-state index in [2.05, 4.69) is 48.5 Å². The molecule has 1 aliphatic rings. The van der Waals surface area contributed by atoms with Gasteiger partial charge in [-0.05, 0) is 19.9 Å². The highest BCUT2D eigenvalue weighted by atomic mass is 15.4. The van der Waals surface area contributed by atoms with Crippen LogP contribution < -0.4 is 5.32 Å². The average Bonchev–Trinajstić information content (AvgIpc) is 2.74. The number of hydrogen-bond donors (Lipinski definition) is 1. The molecule has 17 heavy (non-hydrogen) atoms. The van der Waals surface area contributed by atoms with Crippen LogP contribution in [0.1, 0.15) is 19.9 Å². The minimum absolute atomic E-state index is 0.309. The highest BCUT2D eigenvalue weighted by molar-refractivity contribution is 5.64. The molecular weight excluding hydrogens is 210 g/mol. The molecule has 86 valence electrons. The Hall–Kier alpha value is -2.03. The van der Waals surface area contributed by atoms with Gasteiger partial charge in [0, 0.05) is 17.3 Å². The zero-order chi connectivity index (χ0) is 11.8. The minimum atomic E-state index is 0.309. The van der Waals surface area contributed by atoms with Crippen LogP contribution in [0.25, 0.3) is 11.3 Å². The first kappa shape index (κ1) is 10.1. The Morgan fingerprint density at radius 1 is 1.24 bits per heavy atom. The molecule has 3 heteroatoms. The fourth-order valence-corrected chi connectivity index (χ4v) is 2.22. The Morgan fingerprint density at radius 3 is 2.76 bits per heavy atom. The summed E-state index contributed by atoms with van der Waals surface area (Å²) in [6, 6.07) is 12.7. The van der Waals surface area contributed by atoms with Crippen LogP contribution in [0, 0.1) is 0 Å². The summed E-state index contributed by atoms with van der Waals surface area (Å²) in [4.78, 5) is 0. The summed E-state index contributed by atoms with van der Waals surface area (Å²) >= 11 is 0. The molecule has 0 fully saturated rings. The van der Waals surface area contributed by atoms with Gasteiger partial charge in [0.1, 0.15) is 5.82 Å². The Balaban J connectivity index is 2.05. The molecule has 1 aromatic heterocycles. The molecule has 0 bridgehead atoms. The number of rotatable bonds is 1. The third kappa shape index (κ3) is 1.73. The van der Waals surface area contributed by atoms with E-state index < -0.39 is 0 Å². The molecule has 0 spiro atoms. The third-order valence-corrected chi connectivity index (χ3v) is 3.01. The Labute approximate surface area is 101 Å². The van der Waals surface area contributed by atoms with Crippen LogP contribution >= 0.6 is 0 Å². The number of allylic oxidation sites excluding steroid dienone is 2. The van der Waals surface area contributed by atoms with Crippen molar-refractivity contribution in [2.45, 2.75) is 19.9 Å². The summed E-state index contributed by atoms with van der Waals surface area (Å²) in [5.41, 5.74) is 3.36. The van der Waals surface area contributed by atoms with E-state index in [1.807, 2.05) is 22.9 Å². The third-order valence-electron chi connectivity index (χ3n) is 3.01. The lowest BCUT2D eigenvalue weighted by Crippen LogP contribution is -2.15. The second-order valence-corrected chi connectivity index (χ2v) is 4.44. The van der Waals surface area contributed by atoms with Gasteiger partial charge in [0.05, 0.1) is 11.7 Å². The van der Waals surface area contributed by atoms with E-state index in [0.29, 0.717) is 6.04 Å². The highest BCUT2D eigenvalue weighted by Gasteiger charge is 2.17. The number of fused-ring (bicyclic) bond motifs is 1. The number of nitrogens with zero attached hydrogens (tertiary/aromatic N) is 2. The summed E-state index contributed by atoms with van der Waals surface area (Å²) in [5.74, 6) is 1.07. The molecule has 1 atom stereocenters. The predicted octanol–water partition coefficient (Wildman–Crippen LogP) is 3.44. The van der Waals surface area contributed by atoms with Crippen LogP contribution in [-0.4, -0.2) is 9.78 Å². The molecule has 0 radical (unpaired) electrons. The van der Waals surface area contributed by atoms with Crippen LogP contribution in [0.2, 0.25) is 0 Å². The highest BCUT2D eigenvalue weighted by Crippen LogP contribution is 2.28. The van der Waals surface area contributed by atoms with Gasteiger partial charge < -0.3 is 5.32 Å². The molecule has 0 amide bonds. The van der Waals surface area contributed by atoms with Crippen LogP contribution in [0.15, 0.2) is 48.2 Å². The summed E-state index contributed by atoms with van der Waals surface area (Å²) < 4.78 is 2.02. The molecule has 2 heterocycles. The molecule has 1 N–H and O–H groups in total. The second kappa shape index (κ2) is 3.77. The Kier molecular flexibility index (Phi) is 2.25. The van der Waals surface area contributed by atoms with E-state index in [1.165, 1.54) is 5.70 Å². The molecule has 1 unspecified atom stereocenters. The molecule has 3 rings (SSSR count). The van der Waals surface area contributed by atoms with Crippen molar-refractivity contribution in [1.29, 1.82) is 0 Å². The fraction of sp³-hybridized carbons (Fsp3) is 0.214. The number of aromatic nitrogens is 2. The van der Waals surface area contributed by atoms with Crippen molar-refractivity contribution in [3.05, 3.63) is 48.2 Å². The van der Waals surface area contributed by atoms with Crippen LogP contribution in [-0.2, 0) is 0 Å². The summed E-state index contributed by atoms with van der Waals surface area (Å²) in [6.45, 7) is 4.23. The molecular formula is C14H15N3. The van der Waals surface area contributed by atoms with E-state index in [1.54, 1.807) is 0 Å². The Bertz CT molecular complexity index is 566. The van der Waals surface area contributed by atoms with Crippen molar-refractivity contribution in [1.82, 2.24) is 9.78 Å². The lowest BCUT2D eigenvalue weighted by Gasteiger charge is -2.19. The molecule has 1 aliphatic heterocycles. The maximum Gasteiger partial charge on any atom is 0.129 e. The quantitative estimate of drug-likeness (QED) is 0.805.